The zero-order valence-corrected chi connectivity index (χ0v) is 11.4. The van der Waals surface area contributed by atoms with Crippen LogP contribution in [-0.4, -0.2) is 22.3 Å². The van der Waals surface area contributed by atoms with Crippen LogP contribution in [0.3, 0.4) is 0 Å². The summed E-state index contributed by atoms with van der Waals surface area (Å²) in [5.41, 5.74) is 5.62. The fourth-order valence-corrected chi connectivity index (χ4v) is 1.63. The maximum absolute atomic E-state index is 11.7. The second-order valence-electron chi connectivity index (χ2n) is 4.43. The molecule has 5 nitrogen and oxygen atoms in total. The molecule has 0 radical (unpaired) electrons. The lowest BCUT2D eigenvalue weighted by Gasteiger charge is -1.96. The Hall–Kier alpha value is -2.69. The standard InChI is InChI=1S/C15H16N4O/c1-11(8-13-6-4-3-5-7-13)10-16-19-15(20)14-9-12(2)17-18-14/h3-10H,1-2H3,(H,17,18)(H,19,20)/b11-8+,16-10-. The normalized spacial score (nSPS) is 11.8. The topological polar surface area (TPSA) is 70.1 Å². The van der Waals surface area contributed by atoms with Crippen LogP contribution in [0, 0.1) is 6.92 Å². The Kier molecular flexibility index (Phi) is 4.44. The van der Waals surface area contributed by atoms with Crippen LogP contribution < -0.4 is 5.43 Å². The summed E-state index contributed by atoms with van der Waals surface area (Å²) in [4.78, 5) is 11.7. The first-order valence-corrected chi connectivity index (χ1v) is 6.24. The van der Waals surface area contributed by atoms with Crippen molar-refractivity contribution in [2.45, 2.75) is 13.8 Å². The lowest BCUT2D eigenvalue weighted by Crippen LogP contribution is -2.17. The van der Waals surface area contributed by atoms with Gasteiger partial charge in [0.05, 0.1) is 6.21 Å². The molecular weight excluding hydrogens is 252 g/mol. The van der Waals surface area contributed by atoms with E-state index in [0.717, 1.165) is 16.8 Å². The molecule has 0 aliphatic carbocycles. The lowest BCUT2D eigenvalue weighted by atomic mass is 10.1. The second kappa shape index (κ2) is 6.47. The fourth-order valence-electron chi connectivity index (χ4n) is 1.63. The molecule has 2 N–H and O–H groups in total. The van der Waals surface area contributed by atoms with Crippen LogP contribution in [-0.2, 0) is 0 Å². The van der Waals surface area contributed by atoms with Gasteiger partial charge in [0.2, 0.25) is 0 Å². The zero-order chi connectivity index (χ0) is 14.4. The Morgan fingerprint density at radius 1 is 1.35 bits per heavy atom. The summed E-state index contributed by atoms with van der Waals surface area (Å²) in [6.07, 6.45) is 3.58. The van der Waals surface area contributed by atoms with Gasteiger partial charge in [-0.2, -0.15) is 10.2 Å². The van der Waals surface area contributed by atoms with Gasteiger partial charge < -0.3 is 0 Å². The molecule has 1 heterocycles. The average molecular weight is 268 g/mol. The van der Waals surface area contributed by atoms with Gasteiger partial charge in [0.1, 0.15) is 0 Å². The van der Waals surface area contributed by atoms with E-state index in [2.05, 4.69) is 20.7 Å². The number of carbonyl (C=O) groups excluding carboxylic acids is 1. The van der Waals surface area contributed by atoms with Gasteiger partial charge in [-0.05, 0) is 31.1 Å². The van der Waals surface area contributed by atoms with E-state index in [-0.39, 0.29) is 5.91 Å². The minimum atomic E-state index is -0.335. The molecule has 0 atom stereocenters. The zero-order valence-electron chi connectivity index (χ0n) is 11.4. The van der Waals surface area contributed by atoms with Crippen LogP contribution in [0.25, 0.3) is 6.08 Å². The van der Waals surface area contributed by atoms with Crippen LogP contribution in [0.4, 0.5) is 0 Å². The smallest absolute Gasteiger partial charge is 0.282 e. The van der Waals surface area contributed by atoms with Crippen molar-refractivity contribution < 1.29 is 4.79 Å². The van der Waals surface area contributed by atoms with Gasteiger partial charge in [-0.3, -0.25) is 9.89 Å². The number of nitrogens with one attached hydrogen (secondary N) is 2. The van der Waals surface area contributed by atoms with E-state index in [9.17, 15) is 4.79 Å². The van der Waals surface area contributed by atoms with Crippen LogP contribution in [0.5, 0.6) is 0 Å². The summed E-state index contributed by atoms with van der Waals surface area (Å²) >= 11 is 0. The largest absolute Gasteiger partial charge is 0.291 e. The third-order valence-corrected chi connectivity index (χ3v) is 2.57. The van der Waals surface area contributed by atoms with Gasteiger partial charge >= 0.3 is 0 Å². The molecular formula is C15H16N4O. The van der Waals surface area contributed by atoms with E-state index in [1.54, 1.807) is 12.3 Å². The lowest BCUT2D eigenvalue weighted by molar-refractivity contribution is 0.0950. The number of carbonyl (C=O) groups is 1. The Bertz CT molecular complexity index is 641. The number of amides is 1. The molecule has 1 amide bonds. The summed E-state index contributed by atoms with van der Waals surface area (Å²) in [6.45, 7) is 3.75. The van der Waals surface area contributed by atoms with E-state index in [1.165, 1.54) is 0 Å². The van der Waals surface area contributed by atoms with Crippen LogP contribution in [0.2, 0.25) is 0 Å². The van der Waals surface area contributed by atoms with Crippen LogP contribution in [0.15, 0.2) is 47.1 Å². The third-order valence-electron chi connectivity index (χ3n) is 2.57. The van der Waals surface area contributed by atoms with Crippen molar-refractivity contribution in [2.75, 3.05) is 0 Å². The number of aromatic amines is 1. The number of H-pyrrole nitrogens is 1. The first kappa shape index (κ1) is 13.7. The molecule has 2 rings (SSSR count). The van der Waals surface area contributed by atoms with Gasteiger partial charge in [0.15, 0.2) is 5.69 Å². The molecule has 0 spiro atoms. The number of hydrogen-bond acceptors (Lipinski definition) is 3. The molecule has 0 saturated carbocycles. The summed E-state index contributed by atoms with van der Waals surface area (Å²) in [6, 6.07) is 11.6. The third kappa shape index (κ3) is 3.91. The summed E-state index contributed by atoms with van der Waals surface area (Å²) in [5, 5.41) is 10.5. The van der Waals surface area contributed by atoms with Gasteiger partial charge in [0, 0.05) is 5.69 Å². The minimum Gasteiger partial charge on any atom is -0.282 e. The van der Waals surface area contributed by atoms with Gasteiger partial charge in [-0.1, -0.05) is 36.4 Å². The van der Waals surface area contributed by atoms with Crippen molar-refractivity contribution in [3.8, 4) is 0 Å². The number of aromatic nitrogens is 2. The fraction of sp³-hybridized carbons (Fsp3) is 0.133. The van der Waals surface area contributed by atoms with E-state index in [1.807, 2.05) is 50.3 Å². The van der Waals surface area contributed by atoms with Crippen molar-refractivity contribution >= 4 is 18.2 Å². The summed E-state index contributed by atoms with van der Waals surface area (Å²) < 4.78 is 0. The molecule has 0 aliphatic rings. The number of hydrogen-bond donors (Lipinski definition) is 2. The van der Waals surface area contributed by atoms with E-state index in [0.29, 0.717) is 5.69 Å². The van der Waals surface area contributed by atoms with Gasteiger partial charge in [-0.15, -0.1) is 0 Å². The van der Waals surface area contributed by atoms with Crippen LogP contribution in [0.1, 0.15) is 28.7 Å². The van der Waals surface area contributed by atoms with Crippen molar-refractivity contribution in [3.63, 3.8) is 0 Å². The maximum atomic E-state index is 11.7. The molecule has 0 fully saturated rings. The monoisotopic (exact) mass is 268 g/mol. The van der Waals surface area contributed by atoms with E-state index >= 15 is 0 Å². The van der Waals surface area contributed by atoms with Crippen molar-refractivity contribution in [3.05, 3.63) is 58.9 Å². The molecule has 0 unspecified atom stereocenters. The molecule has 1 aromatic carbocycles. The second-order valence-corrected chi connectivity index (χ2v) is 4.43. The summed E-state index contributed by atoms with van der Waals surface area (Å²) in [5.74, 6) is -0.335. The number of rotatable bonds is 4. The molecule has 0 bridgehead atoms. The first-order chi connectivity index (χ1) is 9.65. The Morgan fingerprint density at radius 2 is 2.10 bits per heavy atom. The number of aryl methyl sites for hydroxylation is 1. The van der Waals surface area contributed by atoms with Gasteiger partial charge in [0.25, 0.3) is 5.91 Å². The maximum Gasteiger partial charge on any atom is 0.291 e. The molecule has 102 valence electrons. The predicted octanol–water partition coefficient (Wildman–Crippen LogP) is 2.54. The number of allylic oxidation sites excluding steroid dienone is 1. The van der Waals surface area contributed by atoms with Crippen LogP contribution >= 0.6 is 0 Å². The van der Waals surface area contributed by atoms with Crippen molar-refractivity contribution in [1.82, 2.24) is 15.6 Å². The average Bonchev–Trinajstić information content (AvgIpc) is 2.86. The van der Waals surface area contributed by atoms with Gasteiger partial charge in [-0.25, -0.2) is 5.43 Å². The molecule has 2 aromatic rings. The highest BCUT2D eigenvalue weighted by Crippen LogP contribution is 2.04. The molecule has 1 aromatic heterocycles. The Labute approximate surface area is 117 Å². The first-order valence-electron chi connectivity index (χ1n) is 6.24. The minimum absolute atomic E-state index is 0.323. The van der Waals surface area contributed by atoms with E-state index < -0.39 is 0 Å². The SMILES string of the molecule is CC(/C=N\NC(=O)c1cc(C)[nH]n1)=C\c1ccccc1. The Balaban J connectivity index is 1.93. The van der Waals surface area contributed by atoms with E-state index in [4.69, 9.17) is 0 Å². The number of hydrazone groups is 1. The molecule has 5 heteroatoms. The number of benzene rings is 1. The predicted molar refractivity (Wildman–Crippen MR) is 79.4 cm³/mol. The molecule has 0 aliphatic heterocycles. The quantitative estimate of drug-likeness (QED) is 0.660. The summed E-state index contributed by atoms with van der Waals surface area (Å²) in [7, 11) is 0. The highest BCUT2D eigenvalue weighted by atomic mass is 16.2. The highest BCUT2D eigenvalue weighted by Gasteiger charge is 2.06. The molecule has 20 heavy (non-hydrogen) atoms. The Morgan fingerprint density at radius 3 is 2.75 bits per heavy atom. The van der Waals surface area contributed by atoms with Crippen molar-refractivity contribution in [2.24, 2.45) is 5.10 Å². The highest BCUT2D eigenvalue weighted by molar-refractivity contribution is 5.93. The number of nitrogens with zero attached hydrogens (tertiary/aromatic N) is 2. The van der Waals surface area contributed by atoms with Crippen molar-refractivity contribution in [1.29, 1.82) is 0 Å². The molecule has 0 saturated heterocycles.